The van der Waals surface area contributed by atoms with E-state index in [0.29, 0.717) is 5.69 Å². The van der Waals surface area contributed by atoms with Gasteiger partial charge in [0.1, 0.15) is 5.69 Å². The molecule has 0 aromatic carbocycles. The average molecular weight is 183 g/mol. The smallest absolute Gasteiger partial charge is 0.220 e. The number of methoxy groups -OCH3 is 2. The summed E-state index contributed by atoms with van der Waals surface area (Å²) < 4.78 is 10.3. The summed E-state index contributed by atoms with van der Waals surface area (Å²) in [4.78, 5) is 7.78. The van der Waals surface area contributed by atoms with Crippen LogP contribution in [-0.4, -0.2) is 24.2 Å². The van der Waals surface area contributed by atoms with E-state index in [-0.39, 0.29) is 5.95 Å². The maximum atomic E-state index is 5.43. The van der Waals surface area contributed by atoms with Gasteiger partial charge in [0, 0.05) is 20.4 Å². The minimum absolute atomic E-state index is 0.206. The lowest BCUT2D eigenvalue weighted by Gasteiger charge is -2.25. The van der Waals surface area contributed by atoms with Gasteiger partial charge in [-0.2, -0.15) is 0 Å². The average Bonchev–Trinajstić information content (AvgIpc) is 2.17. The Hall–Kier alpha value is -1.20. The molecule has 13 heavy (non-hydrogen) atoms. The van der Waals surface area contributed by atoms with Crippen LogP contribution in [-0.2, 0) is 15.3 Å². The van der Waals surface area contributed by atoms with Crippen molar-refractivity contribution in [2.75, 3.05) is 20.0 Å². The summed E-state index contributed by atoms with van der Waals surface area (Å²) in [5.74, 6) is -0.658. The first kappa shape index (κ1) is 9.88. The number of ether oxygens (including phenoxy) is 2. The second kappa shape index (κ2) is 3.68. The van der Waals surface area contributed by atoms with Crippen LogP contribution < -0.4 is 5.73 Å². The lowest BCUT2D eigenvalue weighted by molar-refractivity contribution is -0.204. The highest BCUT2D eigenvalue weighted by Gasteiger charge is 2.27. The molecule has 1 aromatic rings. The van der Waals surface area contributed by atoms with E-state index in [9.17, 15) is 0 Å². The molecule has 0 saturated carbocycles. The first-order valence-corrected chi connectivity index (χ1v) is 3.81. The van der Waals surface area contributed by atoms with Crippen LogP contribution in [0.5, 0.6) is 0 Å². The summed E-state index contributed by atoms with van der Waals surface area (Å²) in [6, 6.07) is 1.70. The Labute approximate surface area is 76.9 Å². The summed E-state index contributed by atoms with van der Waals surface area (Å²) in [5, 5.41) is 0. The highest BCUT2D eigenvalue weighted by molar-refractivity contribution is 5.19. The zero-order valence-corrected chi connectivity index (χ0v) is 7.94. The summed E-state index contributed by atoms with van der Waals surface area (Å²) in [6.07, 6.45) is 1.56. The summed E-state index contributed by atoms with van der Waals surface area (Å²) >= 11 is 0. The van der Waals surface area contributed by atoms with Crippen molar-refractivity contribution in [2.45, 2.75) is 12.7 Å². The highest BCUT2D eigenvalue weighted by atomic mass is 16.7. The lowest BCUT2D eigenvalue weighted by Crippen LogP contribution is -2.28. The van der Waals surface area contributed by atoms with Crippen molar-refractivity contribution >= 4 is 5.95 Å². The van der Waals surface area contributed by atoms with Gasteiger partial charge in [0.05, 0.1) is 0 Å². The van der Waals surface area contributed by atoms with E-state index in [1.54, 1.807) is 33.4 Å². The van der Waals surface area contributed by atoms with E-state index in [4.69, 9.17) is 15.2 Å². The standard InChI is InChI=1S/C8H13N3O2/c1-8(12-2,13-3)6-4-5-10-7(9)11-6/h4-5H,1-3H3,(H2,9,10,11). The van der Waals surface area contributed by atoms with Crippen LogP contribution in [0.2, 0.25) is 0 Å². The van der Waals surface area contributed by atoms with Gasteiger partial charge in [0.2, 0.25) is 11.7 Å². The fraction of sp³-hybridized carbons (Fsp3) is 0.500. The van der Waals surface area contributed by atoms with E-state index in [2.05, 4.69) is 9.97 Å². The molecule has 0 atom stereocenters. The number of nitrogen functional groups attached to an aromatic ring is 1. The fourth-order valence-electron chi connectivity index (χ4n) is 0.919. The molecule has 5 heteroatoms. The zero-order chi connectivity index (χ0) is 9.90. The molecule has 0 aliphatic heterocycles. The number of anilines is 1. The van der Waals surface area contributed by atoms with Gasteiger partial charge in [0.25, 0.3) is 0 Å². The Morgan fingerprint density at radius 2 is 2.00 bits per heavy atom. The Balaban J connectivity index is 3.05. The first-order valence-electron chi connectivity index (χ1n) is 3.81. The van der Waals surface area contributed by atoms with E-state index in [0.717, 1.165) is 0 Å². The molecular formula is C8H13N3O2. The largest absolute Gasteiger partial charge is 0.368 e. The van der Waals surface area contributed by atoms with Gasteiger partial charge in [-0.1, -0.05) is 0 Å². The number of rotatable bonds is 3. The molecule has 0 bridgehead atoms. The van der Waals surface area contributed by atoms with Crippen molar-refractivity contribution < 1.29 is 9.47 Å². The normalized spacial score (nSPS) is 11.6. The summed E-state index contributed by atoms with van der Waals surface area (Å²) in [6.45, 7) is 1.76. The van der Waals surface area contributed by atoms with Crippen LogP contribution in [0.25, 0.3) is 0 Å². The molecule has 0 aliphatic rings. The van der Waals surface area contributed by atoms with Crippen molar-refractivity contribution in [3.05, 3.63) is 18.0 Å². The fourth-order valence-corrected chi connectivity index (χ4v) is 0.919. The first-order chi connectivity index (χ1) is 6.12. The molecular weight excluding hydrogens is 170 g/mol. The summed E-state index contributed by atoms with van der Waals surface area (Å²) in [7, 11) is 3.09. The Bertz CT molecular complexity index is 286. The molecule has 0 unspecified atom stereocenters. The molecule has 0 spiro atoms. The van der Waals surface area contributed by atoms with Crippen molar-refractivity contribution in [3.8, 4) is 0 Å². The van der Waals surface area contributed by atoms with Crippen LogP contribution in [0.4, 0.5) is 5.95 Å². The van der Waals surface area contributed by atoms with Crippen LogP contribution in [0.1, 0.15) is 12.6 Å². The van der Waals surface area contributed by atoms with Gasteiger partial charge in [-0.25, -0.2) is 9.97 Å². The third-order valence-corrected chi connectivity index (χ3v) is 1.92. The summed E-state index contributed by atoms with van der Waals surface area (Å²) in [5.41, 5.74) is 6.03. The van der Waals surface area contributed by atoms with Crippen molar-refractivity contribution in [2.24, 2.45) is 0 Å². The molecule has 0 amide bonds. The second-order valence-corrected chi connectivity index (χ2v) is 2.65. The number of hydrogen-bond donors (Lipinski definition) is 1. The van der Waals surface area contributed by atoms with Gasteiger partial charge < -0.3 is 15.2 Å². The molecule has 0 saturated heterocycles. The SMILES string of the molecule is COC(C)(OC)c1ccnc(N)n1. The minimum atomic E-state index is -0.864. The molecule has 72 valence electrons. The van der Waals surface area contributed by atoms with Crippen LogP contribution in [0.15, 0.2) is 12.3 Å². The number of aromatic nitrogens is 2. The maximum absolute atomic E-state index is 5.43. The molecule has 0 aliphatic carbocycles. The third kappa shape index (κ3) is 1.93. The van der Waals surface area contributed by atoms with Crippen molar-refractivity contribution in [1.82, 2.24) is 9.97 Å². The lowest BCUT2D eigenvalue weighted by atomic mass is 10.2. The van der Waals surface area contributed by atoms with Gasteiger partial charge in [-0.15, -0.1) is 0 Å². The minimum Gasteiger partial charge on any atom is -0.368 e. The topological polar surface area (TPSA) is 70.3 Å². The van der Waals surface area contributed by atoms with Gasteiger partial charge in [-0.3, -0.25) is 0 Å². The highest BCUT2D eigenvalue weighted by Crippen LogP contribution is 2.22. The van der Waals surface area contributed by atoms with Gasteiger partial charge in [-0.05, 0) is 13.0 Å². The van der Waals surface area contributed by atoms with Gasteiger partial charge in [0.15, 0.2) is 0 Å². The molecule has 0 fully saturated rings. The monoisotopic (exact) mass is 183 g/mol. The van der Waals surface area contributed by atoms with E-state index in [1.807, 2.05) is 0 Å². The van der Waals surface area contributed by atoms with E-state index >= 15 is 0 Å². The van der Waals surface area contributed by atoms with E-state index in [1.165, 1.54) is 0 Å². The predicted octanol–water partition coefficient (Wildman–Crippen LogP) is 0.524. The van der Waals surface area contributed by atoms with Crippen LogP contribution in [0, 0.1) is 0 Å². The van der Waals surface area contributed by atoms with Crippen LogP contribution in [0.3, 0.4) is 0 Å². The molecule has 5 nitrogen and oxygen atoms in total. The van der Waals surface area contributed by atoms with Crippen LogP contribution >= 0.6 is 0 Å². The zero-order valence-electron chi connectivity index (χ0n) is 7.94. The number of nitrogens with two attached hydrogens (primary N) is 1. The Kier molecular flexibility index (Phi) is 2.79. The number of nitrogens with zero attached hydrogens (tertiary/aromatic N) is 2. The van der Waals surface area contributed by atoms with Crippen molar-refractivity contribution in [3.63, 3.8) is 0 Å². The Morgan fingerprint density at radius 3 is 2.46 bits per heavy atom. The predicted molar refractivity (Wildman–Crippen MR) is 47.8 cm³/mol. The van der Waals surface area contributed by atoms with Gasteiger partial charge >= 0.3 is 0 Å². The molecule has 0 radical (unpaired) electrons. The quantitative estimate of drug-likeness (QED) is 0.692. The molecule has 2 N–H and O–H groups in total. The van der Waals surface area contributed by atoms with Crippen molar-refractivity contribution in [1.29, 1.82) is 0 Å². The second-order valence-electron chi connectivity index (χ2n) is 2.65. The maximum Gasteiger partial charge on any atom is 0.220 e. The van der Waals surface area contributed by atoms with E-state index < -0.39 is 5.79 Å². The molecule has 1 rings (SSSR count). The third-order valence-electron chi connectivity index (χ3n) is 1.92. The number of hydrogen-bond acceptors (Lipinski definition) is 5. The molecule has 1 heterocycles. The molecule has 1 aromatic heterocycles. The Morgan fingerprint density at radius 1 is 1.38 bits per heavy atom.